The van der Waals surface area contributed by atoms with Crippen LogP contribution in [0.5, 0.6) is 0 Å². The zero-order valence-corrected chi connectivity index (χ0v) is 19.9. The van der Waals surface area contributed by atoms with Gasteiger partial charge in [0.05, 0.1) is 11.4 Å². The van der Waals surface area contributed by atoms with E-state index >= 15 is 0 Å². The molecule has 0 aliphatic heterocycles. The van der Waals surface area contributed by atoms with Gasteiger partial charge in [-0.25, -0.2) is 4.98 Å². The minimum absolute atomic E-state index is 0.0293. The number of carbonyl (C=O) groups is 1. The fraction of sp³-hybridized carbons (Fsp3) is 0.185. The molecule has 162 valence electrons. The molecule has 5 heteroatoms. The number of hydrogen-bond donors (Lipinski definition) is 1. The Kier molecular flexibility index (Phi) is 7.40. The van der Waals surface area contributed by atoms with Crippen molar-refractivity contribution in [3.05, 3.63) is 89.3 Å². The first-order valence-electron chi connectivity index (χ1n) is 10.8. The summed E-state index contributed by atoms with van der Waals surface area (Å²) < 4.78 is 0. The van der Waals surface area contributed by atoms with Gasteiger partial charge in [0, 0.05) is 15.3 Å². The molecule has 0 radical (unpaired) electrons. The maximum absolute atomic E-state index is 12.5. The first-order chi connectivity index (χ1) is 15.6. The van der Waals surface area contributed by atoms with Gasteiger partial charge < -0.3 is 5.32 Å². The first-order valence-corrected chi connectivity index (χ1v) is 12.6. The van der Waals surface area contributed by atoms with E-state index in [1.165, 1.54) is 33.3 Å². The fourth-order valence-electron chi connectivity index (χ4n) is 3.42. The van der Waals surface area contributed by atoms with Crippen LogP contribution in [0.3, 0.4) is 0 Å². The number of amides is 1. The summed E-state index contributed by atoms with van der Waals surface area (Å²) in [4.78, 5) is 19.6. The van der Waals surface area contributed by atoms with Crippen LogP contribution in [0.15, 0.2) is 83.8 Å². The normalized spacial score (nSPS) is 10.8. The first kappa shape index (κ1) is 22.3. The number of carbonyl (C=O) groups excluding carboxylic acids is 1. The maximum atomic E-state index is 12.5. The predicted molar refractivity (Wildman–Crippen MR) is 138 cm³/mol. The van der Waals surface area contributed by atoms with Crippen LogP contribution in [0, 0.1) is 6.92 Å². The lowest BCUT2D eigenvalue weighted by atomic mass is 10.0. The Morgan fingerprint density at radius 1 is 0.906 bits per heavy atom. The molecule has 1 aromatic heterocycles. The Balaban J connectivity index is 1.47. The Labute approximate surface area is 197 Å². The molecule has 0 atom stereocenters. The van der Waals surface area contributed by atoms with E-state index in [1.807, 2.05) is 18.2 Å². The molecule has 0 aliphatic carbocycles. The number of thioether (sulfide) groups is 1. The number of rotatable bonds is 8. The van der Waals surface area contributed by atoms with Crippen molar-refractivity contribution in [2.75, 3.05) is 11.1 Å². The summed E-state index contributed by atoms with van der Waals surface area (Å²) in [7, 11) is 0. The van der Waals surface area contributed by atoms with Crippen molar-refractivity contribution < 1.29 is 4.79 Å². The van der Waals surface area contributed by atoms with Crippen LogP contribution in [0.1, 0.15) is 23.8 Å². The van der Waals surface area contributed by atoms with Gasteiger partial charge >= 0.3 is 0 Å². The van der Waals surface area contributed by atoms with E-state index in [9.17, 15) is 4.79 Å². The third kappa shape index (κ3) is 5.67. The molecule has 1 heterocycles. The summed E-state index contributed by atoms with van der Waals surface area (Å²) in [6.07, 6.45) is 1.98. The lowest BCUT2D eigenvalue weighted by molar-refractivity contribution is -0.113. The second-order valence-electron chi connectivity index (χ2n) is 7.63. The highest BCUT2D eigenvalue weighted by Gasteiger charge is 2.15. The maximum Gasteiger partial charge on any atom is 0.236 e. The molecule has 1 amide bonds. The largest absolute Gasteiger partial charge is 0.301 e. The molecular formula is C27H26N2OS2. The minimum atomic E-state index is -0.0293. The van der Waals surface area contributed by atoms with Crippen molar-refractivity contribution in [3.8, 4) is 22.4 Å². The molecule has 3 aromatic carbocycles. The Hall–Kier alpha value is -2.89. The van der Waals surface area contributed by atoms with Crippen molar-refractivity contribution in [1.82, 2.24) is 4.98 Å². The monoisotopic (exact) mass is 458 g/mol. The number of nitrogens with zero attached hydrogens (tertiary/aromatic N) is 1. The molecule has 4 aromatic rings. The smallest absolute Gasteiger partial charge is 0.236 e. The number of hydrogen-bond acceptors (Lipinski definition) is 4. The fourth-order valence-corrected chi connectivity index (χ4v) is 5.22. The summed E-state index contributed by atoms with van der Waals surface area (Å²) in [6, 6.07) is 27.1. The van der Waals surface area contributed by atoms with Gasteiger partial charge in [-0.2, -0.15) is 0 Å². The highest BCUT2D eigenvalue weighted by molar-refractivity contribution is 8.00. The van der Waals surface area contributed by atoms with Crippen LogP contribution >= 0.6 is 23.1 Å². The molecule has 0 bridgehead atoms. The van der Waals surface area contributed by atoms with Gasteiger partial charge in [0.25, 0.3) is 0 Å². The van der Waals surface area contributed by atoms with E-state index in [4.69, 9.17) is 4.98 Å². The van der Waals surface area contributed by atoms with Gasteiger partial charge in [0.15, 0.2) is 5.13 Å². The molecule has 1 N–H and O–H groups in total. The number of aryl methyl sites for hydroxylation is 2. The van der Waals surface area contributed by atoms with Gasteiger partial charge in [-0.05, 0) is 36.6 Å². The van der Waals surface area contributed by atoms with E-state index in [0.29, 0.717) is 10.9 Å². The number of anilines is 1. The lowest BCUT2D eigenvalue weighted by Gasteiger charge is -2.05. The average Bonchev–Trinajstić information content (AvgIpc) is 3.21. The summed E-state index contributed by atoms with van der Waals surface area (Å²) in [6.45, 7) is 4.22. The van der Waals surface area contributed by atoms with Gasteiger partial charge in [-0.1, -0.05) is 85.6 Å². The van der Waals surface area contributed by atoms with E-state index in [0.717, 1.165) is 29.0 Å². The van der Waals surface area contributed by atoms with E-state index in [2.05, 4.69) is 79.8 Å². The van der Waals surface area contributed by atoms with Crippen LogP contribution in [-0.4, -0.2) is 16.6 Å². The van der Waals surface area contributed by atoms with Crippen LogP contribution in [0.2, 0.25) is 0 Å². The SMILES string of the molecule is CCCc1sc(NC(=O)CSc2ccc(C)cc2)nc1-c1ccc(-c2ccccc2)cc1. The molecule has 0 saturated heterocycles. The van der Waals surface area contributed by atoms with Gasteiger partial charge in [-0.15, -0.1) is 23.1 Å². The standard InChI is InChI=1S/C27H26N2OS2/c1-3-7-24-26(22-14-12-21(13-15-22)20-8-5-4-6-9-20)29-27(32-24)28-25(30)18-31-23-16-10-19(2)11-17-23/h4-6,8-17H,3,7,18H2,1-2H3,(H,28,29,30). The zero-order chi connectivity index (χ0) is 22.3. The Bertz CT molecular complexity index is 1170. The third-order valence-corrected chi connectivity index (χ3v) is 7.12. The van der Waals surface area contributed by atoms with Crippen LogP contribution < -0.4 is 5.32 Å². The van der Waals surface area contributed by atoms with Crippen molar-refractivity contribution in [3.63, 3.8) is 0 Å². The number of thiazole rings is 1. The summed E-state index contributed by atoms with van der Waals surface area (Å²) in [5.74, 6) is 0.339. The highest BCUT2D eigenvalue weighted by Crippen LogP contribution is 2.33. The van der Waals surface area contributed by atoms with Crippen molar-refractivity contribution in [2.24, 2.45) is 0 Å². The Morgan fingerprint density at radius 3 is 2.25 bits per heavy atom. The quantitative estimate of drug-likeness (QED) is 0.278. The molecule has 0 fully saturated rings. The predicted octanol–water partition coefficient (Wildman–Crippen LogP) is 7.47. The second kappa shape index (κ2) is 10.6. The van der Waals surface area contributed by atoms with Crippen molar-refractivity contribution in [2.45, 2.75) is 31.6 Å². The average molecular weight is 459 g/mol. The molecule has 0 aliphatic rings. The number of benzene rings is 3. The van der Waals surface area contributed by atoms with Crippen molar-refractivity contribution in [1.29, 1.82) is 0 Å². The molecule has 0 unspecified atom stereocenters. The third-order valence-electron chi connectivity index (χ3n) is 5.08. The molecule has 4 rings (SSSR count). The van der Waals surface area contributed by atoms with Crippen LogP contribution in [0.25, 0.3) is 22.4 Å². The van der Waals surface area contributed by atoms with Gasteiger partial charge in [0.2, 0.25) is 5.91 Å². The molecule has 3 nitrogen and oxygen atoms in total. The van der Waals surface area contributed by atoms with E-state index < -0.39 is 0 Å². The van der Waals surface area contributed by atoms with Crippen molar-refractivity contribution >= 4 is 34.1 Å². The van der Waals surface area contributed by atoms with Crippen LogP contribution in [0.4, 0.5) is 5.13 Å². The number of nitrogens with one attached hydrogen (secondary N) is 1. The van der Waals surface area contributed by atoms with E-state index in [-0.39, 0.29) is 5.91 Å². The number of aromatic nitrogens is 1. The second-order valence-corrected chi connectivity index (χ2v) is 9.77. The lowest BCUT2D eigenvalue weighted by Crippen LogP contribution is -2.13. The molecule has 32 heavy (non-hydrogen) atoms. The summed E-state index contributed by atoms with van der Waals surface area (Å²) in [5, 5.41) is 3.67. The summed E-state index contributed by atoms with van der Waals surface area (Å²) in [5.41, 5.74) is 5.65. The summed E-state index contributed by atoms with van der Waals surface area (Å²) >= 11 is 3.12. The minimum Gasteiger partial charge on any atom is -0.301 e. The Morgan fingerprint density at radius 2 is 1.56 bits per heavy atom. The van der Waals surface area contributed by atoms with Gasteiger partial charge in [0.1, 0.15) is 0 Å². The zero-order valence-electron chi connectivity index (χ0n) is 18.3. The topological polar surface area (TPSA) is 42.0 Å². The molecular weight excluding hydrogens is 432 g/mol. The highest BCUT2D eigenvalue weighted by atomic mass is 32.2. The van der Waals surface area contributed by atoms with Gasteiger partial charge in [-0.3, -0.25) is 4.79 Å². The van der Waals surface area contributed by atoms with Crippen LogP contribution in [-0.2, 0) is 11.2 Å². The van der Waals surface area contributed by atoms with E-state index in [1.54, 1.807) is 11.3 Å². The molecule has 0 saturated carbocycles. The molecule has 0 spiro atoms.